The molecule has 1 heterocycles. The molecule has 0 aliphatic heterocycles. The standard InChI is InChI=1S/C13H17N5/c1-14-13-10(8-12-15-17-18(2)16-12)7-9-5-3-4-6-11(9)13/h3-6,10,13-14H,7-8H2,1-2H3. The Labute approximate surface area is 106 Å². The molecular formula is C13H17N5. The second-order valence-corrected chi connectivity index (χ2v) is 4.83. The highest BCUT2D eigenvalue weighted by molar-refractivity contribution is 5.35. The van der Waals surface area contributed by atoms with Crippen LogP contribution in [-0.4, -0.2) is 27.3 Å². The van der Waals surface area contributed by atoms with Crippen molar-refractivity contribution < 1.29 is 0 Å². The van der Waals surface area contributed by atoms with Gasteiger partial charge >= 0.3 is 0 Å². The van der Waals surface area contributed by atoms with Crippen molar-refractivity contribution in [2.24, 2.45) is 13.0 Å². The number of nitrogens with one attached hydrogen (secondary N) is 1. The molecule has 2 aromatic rings. The number of hydrogen-bond acceptors (Lipinski definition) is 4. The lowest BCUT2D eigenvalue weighted by atomic mass is 9.97. The van der Waals surface area contributed by atoms with E-state index in [-0.39, 0.29) is 0 Å². The lowest BCUT2D eigenvalue weighted by molar-refractivity contribution is 0.402. The molecule has 0 bridgehead atoms. The summed E-state index contributed by atoms with van der Waals surface area (Å²) in [6.45, 7) is 0. The fraction of sp³-hybridized carbons (Fsp3) is 0.462. The number of rotatable bonds is 3. The summed E-state index contributed by atoms with van der Waals surface area (Å²) in [4.78, 5) is 1.52. The predicted molar refractivity (Wildman–Crippen MR) is 67.9 cm³/mol. The quantitative estimate of drug-likeness (QED) is 0.869. The smallest absolute Gasteiger partial charge is 0.175 e. The number of aryl methyl sites for hydroxylation is 1. The van der Waals surface area contributed by atoms with E-state index in [2.05, 4.69) is 45.0 Å². The molecule has 1 N–H and O–H groups in total. The van der Waals surface area contributed by atoms with Gasteiger partial charge in [-0.25, -0.2) is 0 Å². The zero-order chi connectivity index (χ0) is 12.5. The summed E-state index contributed by atoms with van der Waals surface area (Å²) in [5.74, 6) is 1.34. The summed E-state index contributed by atoms with van der Waals surface area (Å²) < 4.78 is 0. The van der Waals surface area contributed by atoms with Gasteiger partial charge in [-0.3, -0.25) is 0 Å². The molecule has 0 radical (unpaired) electrons. The number of hydrogen-bond donors (Lipinski definition) is 1. The molecule has 2 atom stereocenters. The van der Waals surface area contributed by atoms with Crippen LogP contribution in [0.5, 0.6) is 0 Å². The van der Waals surface area contributed by atoms with Crippen molar-refractivity contribution in [3.8, 4) is 0 Å². The van der Waals surface area contributed by atoms with Crippen LogP contribution in [0.25, 0.3) is 0 Å². The van der Waals surface area contributed by atoms with E-state index in [4.69, 9.17) is 0 Å². The van der Waals surface area contributed by atoms with Crippen LogP contribution in [0.1, 0.15) is 23.0 Å². The highest BCUT2D eigenvalue weighted by Gasteiger charge is 2.31. The highest BCUT2D eigenvalue weighted by Crippen LogP contribution is 2.37. The first-order chi connectivity index (χ1) is 8.78. The van der Waals surface area contributed by atoms with Crippen molar-refractivity contribution in [2.75, 3.05) is 7.05 Å². The van der Waals surface area contributed by atoms with Crippen LogP contribution in [0.2, 0.25) is 0 Å². The summed E-state index contributed by atoms with van der Waals surface area (Å²) in [5.41, 5.74) is 2.85. The Morgan fingerprint density at radius 2 is 2.22 bits per heavy atom. The van der Waals surface area contributed by atoms with Gasteiger partial charge in [-0.15, -0.1) is 10.2 Å². The molecule has 0 saturated carbocycles. The van der Waals surface area contributed by atoms with Crippen LogP contribution in [0, 0.1) is 5.92 Å². The van der Waals surface area contributed by atoms with E-state index >= 15 is 0 Å². The Morgan fingerprint density at radius 3 is 2.94 bits per heavy atom. The van der Waals surface area contributed by atoms with Gasteiger partial charge in [-0.05, 0) is 35.7 Å². The average Bonchev–Trinajstić information content (AvgIpc) is 2.92. The predicted octanol–water partition coefficient (Wildman–Crippen LogP) is 0.886. The van der Waals surface area contributed by atoms with Crippen LogP contribution >= 0.6 is 0 Å². The lowest BCUT2D eigenvalue weighted by Gasteiger charge is -2.18. The topological polar surface area (TPSA) is 55.6 Å². The number of tetrazole rings is 1. The Balaban J connectivity index is 1.83. The first kappa shape index (κ1) is 11.3. The summed E-state index contributed by atoms with van der Waals surface area (Å²) >= 11 is 0. The van der Waals surface area contributed by atoms with Gasteiger partial charge in [0, 0.05) is 12.5 Å². The Morgan fingerprint density at radius 1 is 1.39 bits per heavy atom. The molecule has 2 unspecified atom stereocenters. The summed E-state index contributed by atoms with van der Waals surface area (Å²) in [6, 6.07) is 9.02. The monoisotopic (exact) mass is 243 g/mol. The molecule has 18 heavy (non-hydrogen) atoms. The normalized spacial score (nSPS) is 22.1. The fourth-order valence-electron chi connectivity index (χ4n) is 2.90. The summed E-state index contributed by atoms with van der Waals surface area (Å²) in [5, 5.41) is 15.7. The maximum absolute atomic E-state index is 4.27. The van der Waals surface area contributed by atoms with Gasteiger partial charge in [-0.1, -0.05) is 24.3 Å². The molecule has 0 amide bonds. The third kappa shape index (κ3) is 1.90. The largest absolute Gasteiger partial charge is 0.313 e. The van der Waals surface area contributed by atoms with Crippen LogP contribution < -0.4 is 5.32 Å². The van der Waals surface area contributed by atoms with Crippen molar-refractivity contribution in [1.29, 1.82) is 0 Å². The molecule has 0 saturated heterocycles. The van der Waals surface area contributed by atoms with Crippen molar-refractivity contribution in [3.63, 3.8) is 0 Å². The second-order valence-electron chi connectivity index (χ2n) is 4.83. The molecule has 1 aliphatic rings. The zero-order valence-corrected chi connectivity index (χ0v) is 10.7. The SMILES string of the molecule is CNC1c2ccccc2CC1Cc1nnn(C)n1. The number of fused-ring (bicyclic) bond motifs is 1. The number of nitrogens with zero attached hydrogens (tertiary/aromatic N) is 4. The van der Waals surface area contributed by atoms with Gasteiger partial charge in [0.2, 0.25) is 0 Å². The minimum absolute atomic E-state index is 0.394. The molecular weight excluding hydrogens is 226 g/mol. The first-order valence-corrected chi connectivity index (χ1v) is 6.26. The Bertz CT molecular complexity index is 548. The maximum Gasteiger partial charge on any atom is 0.175 e. The van der Waals surface area contributed by atoms with Crippen molar-refractivity contribution in [2.45, 2.75) is 18.9 Å². The Kier molecular flexibility index (Phi) is 2.83. The molecule has 5 nitrogen and oxygen atoms in total. The maximum atomic E-state index is 4.27. The fourth-order valence-corrected chi connectivity index (χ4v) is 2.90. The highest BCUT2D eigenvalue weighted by atomic mass is 15.6. The molecule has 5 heteroatoms. The van der Waals surface area contributed by atoms with E-state index in [9.17, 15) is 0 Å². The summed E-state index contributed by atoms with van der Waals surface area (Å²) in [6.07, 6.45) is 1.95. The van der Waals surface area contributed by atoms with Crippen LogP contribution in [-0.2, 0) is 19.9 Å². The minimum atomic E-state index is 0.394. The number of benzene rings is 1. The van der Waals surface area contributed by atoms with E-state index in [0.717, 1.165) is 18.7 Å². The van der Waals surface area contributed by atoms with E-state index in [0.29, 0.717) is 12.0 Å². The van der Waals surface area contributed by atoms with Gasteiger partial charge < -0.3 is 5.32 Å². The van der Waals surface area contributed by atoms with Gasteiger partial charge in [-0.2, -0.15) is 4.80 Å². The third-order valence-electron chi connectivity index (χ3n) is 3.65. The molecule has 1 aliphatic carbocycles. The van der Waals surface area contributed by atoms with Crippen LogP contribution in [0.3, 0.4) is 0 Å². The first-order valence-electron chi connectivity index (χ1n) is 6.26. The van der Waals surface area contributed by atoms with Crippen molar-refractivity contribution in [3.05, 3.63) is 41.2 Å². The lowest BCUT2D eigenvalue weighted by Crippen LogP contribution is -2.23. The van der Waals surface area contributed by atoms with Gasteiger partial charge in [0.15, 0.2) is 5.82 Å². The third-order valence-corrected chi connectivity index (χ3v) is 3.65. The molecule has 0 spiro atoms. The molecule has 0 fully saturated rings. The molecule has 94 valence electrons. The van der Waals surface area contributed by atoms with Crippen LogP contribution in [0.4, 0.5) is 0 Å². The minimum Gasteiger partial charge on any atom is -0.313 e. The summed E-state index contributed by atoms with van der Waals surface area (Å²) in [7, 11) is 3.82. The van der Waals surface area contributed by atoms with Crippen molar-refractivity contribution >= 4 is 0 Å². The van der Waals surface area contributed by atoms with Crippen LogP contribution in [0.15, 0.2) is 24.3 Å². The average molecular weight is 243 g/mol. The molecule has 1 aromatic carbocycles. The van der Waals surface area contributed by atoms with E-state index in [1.54, 1.807) is 7.05 Å². The van der Waals surface area contributed by atoms with Gasteiger partial charge in [0.25, 0.3) is 0 Å². The zero-order valence-electron chi connectivity index (χ0n) is 10.7. The van der Waals surface area contributed by atoms with E-state index in [1.165, 1.54) is 15.9 Å². The van der Waals surface area contributed by atoms with Gasteiger partial charge in [0.1, 0.15) is 0 Å². The van der Waals surface area contributed by atoms with Gasteiger partial charge in [0.05, 0.1) is 7.05 Å². The molecule has 1 aromatic heterocycles. The van der Waals surface area contributed by atoms with Crippen molar-refractivity contribution in [1.82, 2.24) is 25.5 Å². The second kappa shape index (κ2) is 4.49. The molecule has 3 rings (SSSR count). The number of aromatic nitrogens is 4. The van der Waals surface area contributed by atoms with E-state index < -0.39 is 0 Å². The van der Waals surface area contributed by atoms with E-state index in [1.807, 2.05) is 7.05 Å². The Hall–Kier alpha value is -1.75.